The molecule has 1 aromatic rings. The van der Waals surface area contributed by atoms with Crippen molar-refractivity contribution >= 4 is 29.9 Å². The minimum absolute atomic E-state index is 0.0997. The topological polar surface area (TPSA) is 29.5 Å². The summed E-state index contributed by atoms with van der Waals surface area (Å²) in [5.74, 6) is 0.0997. The Morgan fingerprint density at radius 2 is 2.50 bits per heavy atom. The van der Waals surface area contributed by atoms with Gasteiger partial charge in [0.05, 0.1) is 11.0 Å². The van der Waals surface area contributed by atoms with E-state index >= 15 is 0 Å². The van der Waals surface area contributed by atoms with Crippen LogP contribution < -0.4 is 0 Å². The van der Waals surface area contributed by atoms with E-state index in [0.717, 1.165) is 29.3 Å². The normalized spacial score (nSPS) is 21.9. The SMILES string of the molecule is CC1CN(C(=O)c2cc(S)cs2)CCCO1. The molecule has 2 rings (SSSR count). The predicted octanol–water partition coefficient (Wildman–Crippen LogP) is 2.29. The van der Waals surface area contributed by atoms with Crippen LogP contribution in [0.4, 0.5) is 0 Å². The van der Waals surface area contributed by atoms with Crippen molar-refractivity contribution < 1.29 is 9.53 Å². The number of ether oxygens (including phenoxy) is 1. The highest BCUT2D eigenvalue weighted by atomic mass is 32.1. The molecule has 0 bridgehead atoms. The van der Waals surface area contributed by atoms with Crippen LogP contribution in [0.1, 0.15) is 23.0 Å². The molecule has 1 fully saturated rings. The van der Waals surface area contributed by atoms with Gasteiger partial charge >= 0.3 is 0 Å². The van der Waals surface area contributed by atoms with Crippen LogP contribution in [-0.2, 0) is 4.74 Å². The monoisotopic (exact) mass is 257 g/mol. The predicted molar refractivity (Wildman–Crippen MR) is 67.5 cm³/mol. The fourth-order valence-corrected chi connectivity index (χ4v) is 2.89. The van der Waals surface area contributed by atoms with Gasteiger partial charge in [-0.2, -0.15) is 0 Å². The number of hydrogen-bond donors (Lipinski definition) is 1. The fraction of sp³-hybridized carbons (Fsp3) is 0.545. The molecule has 0 spiro atoms. The molecule has 0 radical (unpaired) electrons. The van der Waals surface area contributed by atoms with Crippen molar-refractivity contribution in [2.45, 2.75) is 24.3 Å². The maximum Gasteiger partial charge on any atom is 0.264 e. The largest absolute Gasteiger partial charge is 0.377 e. The van der Waals surface area contributed by atoms with Crippen LogP contribution in [0.3, 0.4) is 0 Å². The zero-order chi connectivity index (χ0) is 11.5. The molecular formula is C11H15NO2S2. The Kier molecular flexibility index (Phi) is 3.89. The molecule has 1 aliphatic heterocycles. The standard InChI is InChI=1S/C11H15NO2S2/c1-8-6-12(3-2-4-14-8)11(13)10-5-9(15)7-16-10/h5,7-8,15H,2-4,6H2,1H3. The van der Waals surface area contributed by atoms with E-state index in [2.05, 4.69) is 12.6 Å². The Balaban J connectivity index is 2.08. The second kappa shape index (κ2) is 5.21. The van der Waals surface area contributed by atoms with Crippen molar-refractivity contribution in [3.05, 3.63) is 16.3 Å². The maximum atomic E-state index is 12.2. The van der Waals surface area contributed by atoms with Gasteiger partial charge in [-0.1, -0.05) is 0 Å². The molecule has 1 saturated heterocycles. The lowest BCUT2D eigenvalue weighted by molar-refractivity contribution is 0.0565. The van der Waals surface area contributed by atoms with Gasteiger partial charge in [0.1, 0.15) is 0 Å². The van der Waals surface area contributed by atoms with Gasteiger partial charge < -0.3 is 9.64 Å². The molecule has 1 amide bonds. The van der Waals surface area contributed by atoms with Crippen molar-refractivity contribution in [1.29, 1.82) is 0 Å². The first-order valence-corrected chi connectivity index (χ1v) is 6.68. The summed E-state index contributed by atoms with van der Waals surface area (Å²) in [6, 6.07) is 1.83. The molecule has 0 aliphatic carbocycles. The molecule has 0 saturated carbocycles. The van der Waals surface area contributed by atoms with Gasteiger partial charge in [-0.25, -0.2) is 0 Å². The van der Waals surface area contributed by atoms with Crippen molar-refractivity contribution in [2.75, 3.05) is 19.7 Å². The summed E-state index contributed by atoms with van der Waals surface area (Å²) < 4.78 is 5.52. The van der Waals surface area contributed by atoms with Gasteiger partial charge in [-0.05, 0) is 19.4 Å². The summed E-state index contributed by atoms with van der Waals surface area (Å²) in [6.45, 7) is 4.21. The van der Waals surface area contributed by atoms with Crippen LogP contribution in [0.25, 0.3) is 0 Å². The van der Waals surface area contributed by atoms with E-state index in [4.69, 9.17) is 4.74 Å². The lowest BCUT2D eigenvalue weighted by Gasteiger charge is -2.21. The molecule has 88 valence electrons. The highest BCUT2D eigenvalue weighted by Crippen LogP contribution is 2.20. The van der Waals surface area contributed by atoms with Crippen LogP contribution in [0, 0.1) is 0 Å². The molecule has 1 unspecified atom stereocenters. The summed E-state index contributed by atoms with van der Waals surface area (Å²) in [7, 11) is 0. The molecular weight excluding hydrogens is 242 g/mol. The minimum atomic E-state index is 0.0997. The number of rotatable bonds is 1. The van der Waals surface area contributed by atoms with Crippen LogP contribution in [0.15, 0.2) is 16.3 Å². The van der Waals surface area contributed by atoms with Gasteiger partial charge in [0, 0.05) is 30.0 Å². The fourth-order valence-electron chi connectivity index (χ4n) is 1.77. The number of carbonyl (C=O) groups excluding carboxylic acids is 1. The van der Waals surface area contributed by atoms with Crippen LogP contribution in [0.2, 0.25) is 0 Å². The van der Waals surface area contributed by atoms with Crippen LogP contribution >= 0.6 is 24.0 Å². The average Bonchev–Trinajstić information content (AvgIpc) is 2.56. The van der Waals surface area contributed by atoms with Crippen LogP contribution in [0.5, 0.6) is 0 Å². The summed E-state index contributed by atoms with van der Waals surface area (Å²) in [5.41, 5.74) is 0. The zero-order valence-electron chi connectivity index (χ0n) is 9.18. The molecule has 3 nitrogen and oxygen atoms in total. The lowest BCUT2D eigenvalue weighted by Crippen LogP contribution is -2.35. The third-order valence-corrected chi connectivity index (χ3v) is 3.89. The van der Waals surface area contributed by atoms with Crippen molar-refractivity contribution in [3.8, 4) is 0 Å². The van der Waals surface area contributed by atoms with E-state index in [1.165, 1.54) is 11.3 Å². The quantitative estimate of drug-likeness (QED) is 0.782. The van der Waals surface area contributed by atoms with Gasteiger partial charge in [0.25, 0.3) is 5.91 Å². The van der Waals surface area contributed by atoms with E-state index in [0.29, 0.717) is 6.54 Å². The molecule has 5 heteroatoms. The van der Waals surface area contributed by atoms with E-state index in [9.17, 15) is 4.79 Å². The van der Waals surface area contributed by atoms with Gasteiger partial charge in [-0.15, -0.1) is 24.0 Å². The minimum Gasteiger partial charge on any atom is -0.377 e. The van der Waals surface area contributed by atoms with Crippen molar-refractivity contribution in [1.82, 2.24) is 4.90 Å². The second-order valence-corrected chi connectivity index (χ2v) is 5.38. The Bertz CT molecular complexity index is 378. The van der Waals surface area contributed by atoms with E-state index in [-0.39, 0.29) is 12.0 Å². The van der Waals surface area contributed by atoms with Gasteiger partial charge in [-0.3, -0.25) is 4.79 Å². The zero-order valence-corrected chi connectivity index (χ0v) is 10.9. The second-order valence-electron chi connectivity index (χ2n) is 3.96. The number of carbonyl (C=O) groups is 1. The number of thiol groups is 1. The molecule has 1 atom stereocenters. The van der Waals surface area contributed by atoms with E-state index in [1.807, 2.05) is 23.3 Å². The summed E-state index contributed by atoms with van der Waals surface area (Å²) in [6.07, 6.45) is 1.04. The molecule has 0 aromatic carbocycles. The Morgan fingerprint density at radius 3 is 3.19 bits per heavy atom. The first-order valence-electron chi connectivity index (χ1n) is 5.35. The summed E-state index contributed by atoms with van der Waals surface area (Å²) in [5, 5.41) is 1.88. The first kappa shape index (κ1) is 12.0. The molecule has 1 aromatic heterocycles. The summed E-state index contributed by atoms with van der Waals surface area (Å²) >= 11 is 5.67. The highest BCUT2D eigenvalue weighted by Gasteiger charge is 2.21. The van der Waals surface area contributed by atoms with Gasteiger partial charge in [0.15, 0.2) is 0 Å². The maximum absolute atomic E-state index is 12.2. The number of amides is 1. The first-order chi connectivity index (χ1) is 7.66. The van der Waals surface area contributed by atoms with Crippen LogP contribution in [-0.4, -0.2) is 36.6 Å². The number of thiophene rings is 1. The molecule has 0 N–H and O–H groups in total. The summed E-state index contributed by atoms with van der Waals surface area (Å²) in [4.78, 5) is 15.6. The lowest BCUT2D eigenvalue weighted by atomic mass is 10.3. The third kappa shape index (κ3) is 2.78. The van der Waals surface area contributed by atoms with E-state index in [1.54, 1.807) is 0 Å². The average molecular weight is 257 g/mol. The Morgan fingerprint density at radius 1 is 1.69 bits per heavy atom. The highest BCUT2D eigenvalue weighted by molar-refractivity contribution is 7.80. The van der Waals surface area contributed by atoms with Gasteiger partial charge in [0.2, 0.25) is 0 Å². The number of nitrogens with zero attached hydrogens (tertiary/aromatic N) is 1. The van der Waals surface area contributed by atoms with Crippen molar-refractivity contribution in [2.24, 2.45) is 0 Å². The molecule has 1 aliphatic rings. The Hall–Kier alpha value is -0.520. The van der Waals surface area contributed by atoms with E-state index < -0.39 is 0 Å². The molecule has 2 heterocycles. The Labute approximate surface area is 105 Å². The number of hydrogen-bond acceptors (Lipinski definition) is 4. The molecule has 16 heavy (non-hydrogen) atoms. The van der Waals surface area contributed by atoms with Crippen molar-refractivity contribution in [3.63, 3.8) is 0 Å². The smallest absolute Gasteiger partial charge is 0.264 e. The third-order valence-electron chi connectivity index (χ3n) is 2.54.